The molecule has 1 heterocycles. The Balaban J connectivity index is 0.000000810. The predicted octanol–water partition coefficient (Wildman–Crippen LogP) is 1.46. The first-order valence-corrected chi connectivity index (χ1v) is 4.10. The summed E-state index contributed by atoms with van der Waals surface area (Å²) < 4.78 is 1.34. The van der Waals surface area contributed by atoms with Crippen molar-refractivity contribution in [2.75, 3.05) is 26.7 Å². The van der Waals surface area contributed by atoms with E-state index in [0.29, 0.717) is 0 Å². The molecular formula is C8H19NO. The van der Waals surface area contributed by atoms with Gasteiger partial charge in [-0.05, 0) is 6.42 Å². The molecule has 0 radical (unpaired) electrons. The van der Waals surface area contributed by atoms with Crippen LogP contribution in [0.3, 0.4) is 0 Å². The first kappa shape index (κ1) is 9.92. The number of hydrogen-bond acceptors (Lipinski definition) is 1. The molecule has 1 rings (SSSR count). The van der Waals surface area contributed by atoms with Crippen LogP contribution in [-0.2, 0) is 0 Å². The third-order valence-electron chi connectivity index (χ3n) is 2.41. The second-order valence-electron chi connectivity index (χ2n) is 3.50. The molecular weight excluding hydrogens is 126 g/mol. The van der Waals surface area contributed by atoms with Crippen molar-refractivity contribution in [3.05, 3.63) is 0 Å². The maximum atomic E-state index is 2.39. The SMILES string of the molecule is CCC[N+]1(C)CCCC1.[OH-]. The Kier molecular flexibility index (Phi) is 3.91. The highest BCUT2D eigenvalue weighted by Crippen LogP contribution is 2.15. The molecule has 0 aromatic rings. The summed E-state index contributed by atoms with van der Waals surface area (Å²) in [5.41, 5.74) is 0. The molecule has 1 aliphatic heterocycles. The van der Waals surface area contributed by atoms with Gasteiger partial charge in [-0.1, -0.05) is 6.92 Å². The minimum Gasteiger partial charge on any atom is -0.870 e. The second kappa shape index (κ2) is 3.94. The van der Waals surface area contributed by atoms with Crippen molar-refractivity contribution in [1.82, 2.24) is 0 Å². The summed E-state index contributed by atoms with van der Waals surface area (Å²) in [6.07, 6.45) is 4.25. The third-order valence-corrected chi connectivity index (χ3v) is 2.41. The van der Waals surface area contributed by atoms with Gasteiger partial charge in [-0.15, -0.1) is 0 Å². The van der Waals surface area contributed by atoms with Gasteiger partial charge in [-0.2, -0.15) is 0 Å². The standard InChI is InChI=1S/C8H18N.H2O/c1-3-6-9(2)7-4-5-8-9;/h3-8H2,1-2H3;1H2/q+1;/p-1. The van der Waals surface area contributed by atoms with Crippen molar-refractivity contribution in [3.8, 4) is 0 Å². The van der Waals surface area contributed by atoms with E-state index in [1.807, 2.05) is 0 Å². The van der Waals surface area contributed by atoms with Crippen molar-refractivity contribution in [3.63, 3.8) is 0 Å². The summed E-state index contributed by atoms with van der Waals surface area (Å²) in [4.78, 5) is 0. The lowest BCUT2D eigenvalue weighted by molar-refractivity contribution is -0.897. The molecule has 10 heavy (non-hydrogen) atoms. The van der Waals surface area contributed by atoms with Crippen LogP contribution < -0.4 is 0 Å². The van der Waals surface area contributed by atoms with Crippen LogP contribution in [-0.4, -0.2) is 36.6 Å². The fourth-order valence-corrected chi connectivity index (χ4v) is 1.86. The van der Waals surface area contributed by atoms with Gasteiger partial charge in [0.1, 0.15) is 0 Å². The lowest BCUT2D eigenvalue weighted by atomic mass is 10.4. The number of nitrogens with zero attached hydrogens (tertiary/aromatic N) is 1. The summed E-state index contributed by atoms with van der Waals surface area (Å²) in [6.45, 7) is 6.52. The highest BCUT2D eigenvalue weighted by atomic mass is 16.0. The highest BCUT2D eigenvalue weighted by Gasteiger charge is 2.24. The van der Waals surface area contributed by atoms with Gasteiger partial charge < -0.3 is 9.96 Å². The Morgan fingerprint density at radius 2 is 1.70 bits per heavy atom. The Hall–Kier alpha value is -0.0800. The predicted molar refractivity (Wildman–Crippen MR) is 42.2 cm³/mol. The Morgan fingerprint density at radius 1 is 1.20 bits per heavy atom. The van der Waals surface area contributed by atoms with Gasteiger partial charge in [-0.25, -0.2) is 0 Å². The van der Waals surface area contributed by atoms with Crippen molar-refractivity contribution in [2.45, 2.75) is 26.2 Å². The molecule has 0 bridgehead atoms. The number of hydrogen-bond donors (Lipinski definition) is 0. The van der Waals surface area contributed by atoms with Gasteiger partial charge in [0.05, 0.1) is 26.7 Å². The Bertz CT molecular complexity index is 87.3. The lowest BCUT2D eigenvalue weighted by Crippen LogP contribution is -2.41. The lowest BCUT2D eigenvalue weighted by Gasteiger charge is -2.28. The molecule has 0 aromatic heterocycles. The molecule has 0 amide bonds. The summed E-state index contributed by atoms with van der Waals surface area (Å²) in [7, 11) is 2.39. The Morgan fingerprint density at radius 3 is 2.10 bits per heavy atom. The Labute approximate surface area is 63.7 Å². The third kappa shape index (κ3) is 2.27. The molecule has 1 saturated heterocycles. The van der Waals surface area contributed by atoms with E-state index in [4.69, 9.17) is 0 Å². The number of quaternary nitrogens is 1. The fraction of sp³-hybridized carbons (Fsp3) is 1.00. The van der Waals surface area contributed by atoms with Gasteiger partial charge in [0.15, 0.2) is 0 Å². The van der Waals surface area contributed by atoms with Crippen molar-refractivity contribution < 1.29 is 9.96 Å². The molecule has 0 atom stereocenters. The van der Waals surface area contributed by atoms with Gasteiger partial charge in [0.2, 0.25) is 0 Å². The number of likely N-dealkylation sites (tertiary alicyclic amines) is 1. The van der Waals surface area contributed by atoms with E-state index in [9.17, 15) is 0 Å². The van der Waals surface area contributed by atoms with E-state index >= 15 is 0 Å². The second-order valence-corrected chi connectivity index (χ2v) is 3.50. The van der Waals surface area contributed by atoms with Crippen molar-refractivity contribution in [2.24, 2.45) is 0 Å². The largest absolute Gasteiger partial charge is 0.870 e. The smallest absolute Gasteiger partial charge is 0.0786 e. The zero-order valence-electron chi connectivity index (χ0n) is 7.14. The van der Waals surface area contributed by atoms with Crippen molar-refractivity contribution >= 4 is 0 Å². The summed E-state index contributed by atoms with van der Waals surface area (Å²) in [5.74, 6) is 0. The fourth-order valence-electron chi connectivity index (χ4n) is 1.86. The minimum absolute atomic E-state index is 0. The molecule has 0 aromatic carbocycles. The van der Waals surface area contributed by atoms with Crippen LogP contribution in [0.1, 0.15) is 26.2 Å². The van der Waals surface area contributed by atoms with E-state index in [-0.39, 0.29) is 5.48 Å². The van der Waals surface area contributed by atoms with E-state index in [1.165, 1.54) is 43.4 Å². The average Bonchev–Trinajstić information content (AvgIpc) is 2.16. The van der Waals surface area contributed by atoms with Crippen LogP contribution in [0.2, 0.25) is 0 Å². The highest BCUT2D eigenvalue weighted by molar-refractivity contribution is 4.50. The quantitative estimate of drug-likeness (QED) is 0.541. The van der Waals surface area contributed by atoms with Crippen LogP contribution >= 0.6 is 0 Å². The minimum atomic E-state index is 0. The summed E-state index contributed by atoms with van der Waals surface area (Å²) in [5, 5.41) is 0. The monoisotopic (exact) mass is 145 g/mol. The number of rotatable bonds is 2. The summed E-state index contributed by atoms with van der Waals surface area (Å²) >= 11 is 0. The average molecular weight is 145 g/mol. The molecule has 1 N–H and O–H groups in total. The molecule has 2 heteroatoms. The van der Waals surface area contributed by atoms with Crippen LogP contribution in [0.4, 0.5) is 0 Å². The molecule has 0 spiro atoms. The molecule has 0 unspecified atom stereocenters. The van der Waals surface area contributed by atoms with Crippen LogP contribution in [0, 0.1) is 0 Å². The van der Waals surface area contributed by atoms with E-state index < -0.39 is 0 Å². The molecule has 1 fully saturated rings. The van der Waals surface area contributed by atoms with E-state index in [0.717, 1.165) is 0 Å². The summed E-state index contributed by atoms with van der Waals surface area (Å²) in [6, 6.07) is 0. The van der Waals surface area contributed by atoms with E-state index in [2.05, 4.69) is 14.0 Å². The molecule has 2 nitrogen and oxygen atoms in total. The van der Waals surface area contributed by atoms with Gasteiger partial charge in [0.25, 0.3) is 0 Å². The molecule has 0 saturated carbocycles. The van der Waals surface area contributed by atoms with E-state index in [1.54, 1.807) is 0 Å². The normalized spacial score (nSPS) is 22.2. The van der Waals surface area contributed by atoms with Crippen LogP contribution in [0.5, 0.6) is 0 Å². The van der Waals surface area contributed by atoms with Gasteiger partial charge in [-0.3, -0.25) is 0 Å². The van der Waals surface area contributed by atoms with Crippen LogP contribution in [0.25, 0.3) is 0 Å². The topological polar surface area (TPSA) is 30.0 Å². The maximum absolute atomic E-state index is 2.39. The zero-order chi connectivity index (χ0) is 6.74. The van der Waals surface area contributed by atoms with Crippen LogP contribution in [0.15, 0.2) is 0 Å². The van der Waals surface area contributed by atoms with Gasteiger partial charge >= 0.3 is 0 Å². The first-order chi connectivity index (χ1) is 4.27. The van der Waals surface area contributed by atoms with Crippen molar-refractivity contribution in [1.29, 1.82) is 0 Å². The molecule has 1 aliphatic rings. The molecule has 0 aliphatic carbocycles. The maximum Gasteiger partial charge on any atom is 0.0786 e. The zero-order valence-corrected chi connectivity index (χ0v) is 7.14. The van der Waals surface area contributed by atoms with Gasteiger partial charge in [0, 0.05) is 12.8 Å². The molecule has 62 valence electrons. The first-order valence-electron chi connectivity index (χ1n) is 4.10.